The number of nitrogens with one attached hydrogen (secondary N) is 1. The molecule has 1 aliphatic heterocycles. The smallest absolute Gasteiger partial charge is 0.259 e. The quantitative estimate of drug-likeness (QED) is 0.383. The molecule has 0 saturated carbocycles. The molecular weight excluding hydrogens is 460 g/mol. The Balaban J connectivity index is 1.28. The molecule has 1 amide bonds. The lowest BCUT2D eigenvalue weighted by atomic mass is 10.1. The number of benzene rings is 1. The van der Waals surface area contributed by atoms with Crippen LogP contribution in [0.1, 0.15) is 40.4 Å². The Labute approximate surface area is 208 Å². The minimum absolute atomic E-state index is 0.131. The van der Waals surface area contributed by atoms with Crippen LogP contribution in [0.3, 0.4) is 0 Å². The maximum absolute atomic E-state index is 12.8. The molecule has 4 aromatic rings. The number of likely N-dealkylation sites (tertiary alicyclic amines) is 1. The topological polar surface area (TPSA) is 93.1 Å². The summed E-state index contributed by atoms with van der Waals surface area (Å²) in [5, 5.41) is 12.2. The summed E-state index contributed by atoms with van der Waals surface area (Å²) in [4.78, 5) is 23.8. The molecule has 1 unspecified atom stereocenters. The fraction of sp³-hybridized carbons (Fsp3) is 0.269. The van der Waals surface area contributed by atoms with Crippen molar-refractivity contribution in [2.45, 2.75) is 25.9 Å². The fourth-order valence-corrected chi connectivity index (χ4v) is 4.82. The third kappa shape index (κ3) is 5.70. The van der Waals surface area contributed by atoms with Crippen molar-refractivity contribution in [3.05, 3.63) is 83.8 Å². The van der Waals surface area contributed by atoms with Crippen LogP contribution in [-0.2, 0) is 0 Å². The molecule has 1 aliphatic rings. The molecule has 35 heavy (non-hydrogen) atoms. The first kappa shape index (κ1) is 23.1. The Morgan fingerprint density at radius 1 is 1.11 bits per heavy atom. The lowest BCUT2D eigenvalue weighted by molar-refractivity contribution is 0.102. The molecule has 178 valence electrons. The van der Waals surface area contributed by atoms with Crippen molar-refractivity contribution in [1.29, 1.82) is 0 Å². The first-order chi connectivity index (χ1) is 17.2. The number of aryl methyl sites for hydroxylation is 1. The zero-order valence-electron chi connectivity index (χ0n) is 19.4. The van der Waals surface area contributed by atoms with Crippen molar-refractivity contribution in [3.8, 4) is 16.5 Å². The minimum atomic E-state index is -0.291. The van der Waals surface area contributed by atoms with E-state index in [-0.39, 0.29) is 12.0 Å². The first-order valence-electron chi connectivity index (χ1n) is 11.6. The third-order valence-corrected chi connectivity index (χ3v) is 6.80. The van der Waals surface area contributed by atoms with Crippen LogP contribution < -0.4 is 10.1 Å². The van der Waals surface area contributed by atoms with Gasteiger partial charge in [-0.05, 0) is 56.6 Å². The lowest BCUT2D eigenvalue weighted by Gasteiger charge is -2.25. The van der Waals surface area contributed by atoms with E-state index in [2.05, 4.69) is 42.5 Å². The summed E-state index contributed by atoms with van der Waals surface area (Å²) in [7, 11) is 0. The van der Waals surface area contributed by atoms with E-state index in [0.717, 1.165) is 36.3 Å². The third-order valence-electron chi connectivity index (χ3n) is 5.91. The van der Waals surface area contributed by atoms with Crippen molar-refractivity contribution in [1.82, 2.24) is 25.1 Å². The molecule has 1 N–H and O–H groups in total. The van der Waals surface area contributed by atoms with E-state index in [0.29, 0.717) is 21.6 Å². The molecule has 0 bridgehead atoms. The maximum Gasteiger partial charge on any atom is 0.259 e. The van der Waals surface area contributed by atoms with Crippen molar-refractivity contribution < 1.29 is 9.53 Å². The SMILES string of the molecule is Cc1cc(C(=O)Nc2nnc(-c3ccncc3)s2)cnc1OC(CN1CCCC1)c1ccccc1. The molecule has 0 radical (unpaired) electrons. The second-order valence-corrected chi connectivity index (χ2v) is 9.45. The van der Waals surface area contributed by atoms with Crippen LogP contribution in [0.2, 0.25) is 0 Å². The predicted molar refractivity (Wildman–Crippen MR) is 136 cm³/mol. The Bertz CT molecular complexity index is 1280. The summed E-state index contributed by atoms with van der Waals surface area (Å²) in [6, 6.07) is 15.7. The van der Waals surface area contributed by atoms with Gasteiger partial charge in [-0.2, -0.15) is 0 Å². The molecule has 8 nitrogen and oxygen atoms in total. The van der Waals surface area contributed by atoms with Gasteiger partial charge in [0.05, 0.1) is 5.56 Å². The van der Waals surface area contributed by atoms with E-state index < -0.39 is 0 Å². The fourth-order valence-electron chi connectivity index (χ4n) is 4.08. The number of nitrogens with zero attached hydrogens (tertiary/aromatic N) is 5. The molecule has 5 rings (SSSR count). The summed E-state index contributed by atoms with van der Waals surface area (Å²) in [5.41, 5.74) is 3.25. The molecule has 1 fully saturated rings. The summed E-state index contributed by atoms with van der Waals surface area (Å²) < 4.78 is 6.39. The molecule has 1 saturated heterocycles. The highest BCUT2D eigenvalue weighted by Crippen LogP contribution is 2.28. The van der Waals surface area contributed by atoms with Crippen LogP contribution in [-0.4, -0.2) is 50.6 Å². The number of amides is 1. The van der Waals surface area contributed by atoms with E-state index in [1.54, 1.807) is 24.7 Å². The number of ether oxygens (including phenoxy) is 1. The standard InChI is InChI=1S/C26H26N6O2S/c1-18-15-21(23(33)29-26-31-30-25(35-26)20-9-11-27-12-10-20)16-28-24(18)34-22(17-32-13-5-6-14-32)19-7-3-2-4-8-19/h2-4,7-12,15-16,22H,5-6,13-14,17H2,1H3,(H,29,31,33). The Kier molecular flexibility index (Phi) is 7.06. The molecule has 3 aromatic heterocycles. The highest BCUT2D eigenvalue weighted by molar-refractivity contribution is 7.18. The van der Waals surface area contributed by atoms with Gasteiger partial charge in [0.2, 0.25) is 11.0 Å². The van der Waals surface area contributed by atoms with Crippen LogP contribution in [0.25, 0.3) is 10.6 Å². The van der Waals surface area contributed by atoms with Gasteiger partial charge in [-0.3, -0.25) is 20.0 Å². The molecule has 0 aliphatic carbocycles. The van der Waals surface area contributed by atoms with Crippen molar-refractivity contribution >= 4 is 22.4 Å². The zero-order valence-corrected chi connectivity index (χ0v) is 20.2. The van der Waals surface area contributed by atoms with E-state index in [9.17, 15) is 4.79 Å². The molecule has 0 spiro atoms. The van der Waals surface area contributed by atoms with Crippen molar-refractivity contribution in [2.75, 3.05) is 25.0 Å². The van der Waals surface area contributed by atoms with Gasteiger partial charge in [0.15, 0.2) is 0 Å². The normalized spacial score (nSPS) is 14.5. The van der Waals surface area contributed by atoms with Crippen molar-refractivity contribution in [3.63, 3.8) is 0 Å². The van der Waals surface area contributed by atoms with E-state index >= 15 is 0 Å². The average molecular weight is 487 g/mol. The average Bonchev–Trinajstić information content (AvgIpc) is 3.58. The van der Waals surface area contributed by atoms with Gasteiger partial charge in [-0.25, -0.2) is 4.98 Å². The summed E-state index contributed by atoms with van der Waals surface area (Å²) in [6.45, 7) is 4.90. The molecular formula is C26H26N6O2S. The Hall–Kier alpha value is -3.69. The van der Waals surface area contributed by atoms with Crippen molar-refractivity contribution in [2.24, 2.45) is 0 Å². The number of carbonyl (C=O) groups is 1. The van der Waals surface area contributed by atoms with Crippen LogP contribution in [0.5, 0.6) is 5.88 Å². The molecule has 1 aromatic carbocycles. The van der Waals surface area contributed by atoms with E-state index in [1.807, 2.05) is 37.3 Å². The minimum Gasteiger partial charge on any atom is -0.468 e. The first-order valence-corrected chi connectivity index (χ1v) is 12.4. The number of hydrogen-bond donors (Lipinski definition) is 1. The number of rotatable bonds is 8. The number of hydrogen-bond acceptors (Lipinski definition) is 8. The van der Waals surface area contributed by atoms with Gasteiger partial charge in [0, 0.05) is 36.3 Å². The number of carbonyl (C=O) groups excluding carboxylic acids is 1. The van der Waals surface area contributed by atoms with Gasteiger partial charge in [0.1, 0.15) is 11.1 Å². The monoisotopic (exact) mass is 486 g/mol. The van der Waals surface area contributed by atoms with Gasteiger partial charge >= 0.3 is 0 Å². The highest BCUT2D eigenvalue weighted by Gasteiger charge is 2.22. The van der Waals surface area contributed by atoms with Gasteiger partial charge in [-0.15, -0.1) is 10.2 Å². The summed E-state index contributed by atoms with van der Waals surface area (Å²) in [6.07, 6.45) is 7.25. The second-order valence-electron chi connectivity index (χ2n) is 8.47. The molecule has 4 heterocycles. The Morgan fingerprint density at radius 2 is 1.89 bits per heavy atom. The predicted octanol–water partition coefficient (Wildman–Crippen LogP) is 4.77. The zero-order chi connectivity index (χ0) is 24.0. The van der Waals surface area contributed by atoms with Gasteiger partial charge < -0.3 is 4.74 Å². The molecule has 9 heteroatoms. The maximum atomic E-state index is 12.8. The summed E-state index contributed by atoms with van der Waals surface area (Å²) in [5.74, 6) is 0.242. The largest absolute Gasteiger partial charge is 0.468 e. The number of pyridine rings is 2. The number of aromatic nitrogens is 4. The highest BCUT2D eigenvalue weighted by atomic mass is 32.1. The Morgan fingerprint density at radius 3 is 2.63 bits per heavy atom. The number of anilines is 1. The molecule has 1 atom stereocenters. The van der Waals surface area contributed by atoms with Crippen LogP contribution in [0.15, 0.2) is 67.1 Å². The van der Waals surface area contributed by atoms with Gasteiger partial charge in [0.25, 0.3) is 5.91 Å². The van der Waals surface area contributed by atoms with Crippen LogP contribution in [0.4, 0.5) is 5.13 Å². The second kappa shape index (κ2) is 10.7. The lowest BCUT2D eigenvalue weighted by Crippen LogP contribution is -2.28. The summed E-state index contributed by atoms with van der Waals surface area (Å²) >= 11 is 1.31. The van der Waals surface area contributed by atoms with E-state index in [4.69, 9.17) is 4.74 Å². The van der Waals surface area contributed by atoms with Crippen LogP contribution >= 0.6 is 11.3 Å². The van der Waals surface area contributed by atoms with Gasteiger partial charge in [-0.1, -0.05) is 41.7 Å². The van der Waals surface area contributed by atoms with Crippen LogP contribution in [0, 0.1) is 6.92 Å². The van der Waals surface area contributed by atoms with E-state index in [1.165, 1.54) is 24.2 Å².